The van der Waals surface area contributed by atoms with Gasteiger partial charge < -0.3 is 4.74 Å². The van der Waals surface area contributed by atoms with Crippen LogP contribution >= 0.6 is 0 Å². The van der Waals surface area contributed by atoms with E-state index in [1.54, 1.807) is 38.2 Å². The number of rotatable bonds is 5. The molecule has 0 bridgehead atoms. The first-order chi connectivity index (χ1) is 15.0. The quantitative estimate of drug-likeness (QED) is 0.422. The minimum atomic E-state index is -0.993. The first kappa shape index (κ1) is 21.3. The maximum absolute atomic E-state index is 14.8. The van der Waals surface area contributed by atoms with Gasteiger partial charge in [0.25, 0.3) is 0 Å². The summed E-state index contributed by atoms with van der Waals surface area (Å²) in [7, 11) is 1.71. The minimum absolute atomic E-state index is 0.0986. The van der Waals surface area contributed by atoms with E-state index in [1.165, 1.54) is 12.1 Å². The van der Waals surface area contributed by atoms with E-state index < -0.39 is 11.6 Å². The van der Waals surface area contributed by atoms with Crippen molar-refractivity contribution in [3.05, 3.63) is 83.7 Å². The summed E-state index contributed by atoms with van der Waals surface area (Å²) in [6.45, 7) is 2.47. The highest BCUT2D eigenvalue weighted by Gasteiger charge is 2.17. The first-order valence-corrected chi connectivity index (χ1v) is 10.7. The van der Waals surface area contributed by atoms with E-state index in [9.17, 15) is 13.2 Å². The van der Waals surface area contributed by atoms with Gasteiger partial charge in [0.1, 0.15) is 5.82 Å². The predicted molar refractivity (Wildman–Crippen MR) is 122 cm³/mol. The van der Waals surface area contributed by atoms with Crippen LogP contribution < -0.4 is 4.74 Å². The van der Waals surface area contributed by atoms with Gasteiger partial charge in [-0.2, -0.15) is 4.39 Å². The summed E-state index contributed by atoms with van der Waals surface area (Å²) in [6.07, 6.45) is 5.11. The summed E-state index contributed by atoms with van der Waals surface area (Å²) in [5, 5.41) is 0. The fourth-order valence-corrected chi connectivity index (χ4v) is 4.03. The summed E-state index contributed by atoms with van der Waals surface area (Å²) in [5.74, 6) is -1.62. The number of ether oxygens (including phenoxy) is 1. The molecule has 0 heterocycles. The molecule has 5 heteroatoms. The van der Waals surface area contributed by atoms with Gasteiger partial charge in [-0.1, -0.05) is 49.4 Å². The molecule has 158 valence electrons. The van der Waals surface area contributed by atoms with Gasteiger partial charge in [-0.05, 0) is 65.6 Å². The van der Waals surface area contributed by atoms with E-state index in [0.717, 1.165) is 36.0 Å². The lowest BCUT2D eigenvalue weighted by atomic mass is 9.87. The zero-order valence-electron chi connectivity index (χ0n) is 17.7. The molecule has 0 saturated carbocycles. The van der Waals surface area contributed by atoms with Crippen molar-refractivity contribution in [3.8, 4) is 28.0 Å². The van der Waals surface area contributed by atoms with E-state index in [1.807, 2.05) is 12.1 Å². The molecule has 1 atom stereocenters. The van der Waals surface area contributed by atoms with Crippen molar-refractivity contribution in [1.29, 1.82) is 0 Å². The van der Waals surface area contributed by atoms with E-state index >= 15 is 0 Å². The Hall–Kier alpha value is -2.95. The van der Waals surface area contributed by atoms with Crippen molar-refractivity contribution in [2.75, 3.05) is 6.51 Å². The summed E-state index contributed by atoms with van der Waals surface area (Å²) in [5.41, 5.74) is 4.00. The molecule has 0 aromatic heterocycles. The molecule has 1 aliphatic carbocycles. The van der Waals surface area contributed by atoms with Gasteiger partial charge in [0.05, 0.1) is 6.51 Å². The molecule has 0 N–H and O–H groups in total. The first-order valence-electron chi connectivity index (χ1n) is 10.7. The van der Waals surface area contributed by atoms with Gasteiger partial charge >= 0.3 is 0 Å². The van der Waals surface area contributed by atoms with Crippen LogP contribution in [0.1, 0.15) is 31.7 Å². The SMILES string of the molecule is BCOc1ccc(-c2ccc(-c3ccc(C4=CCC(C)CC4)c(F)c3)cc2)c(F)c1F. The average Bonchev–Trinajstić information content (AvgIpc) is 2.78. The molecule has 0 fully saturated rings. The topological polar surface area (TPSA) is 9.23 Å². The van der Waals surface area contributed by atoms with Crippen molar-refractivity contribution in [2.24, 2.45) is 5.92 Å². The molecular weight excluding hydrogens is 396 g/mol. The number of hydrogen-bond donors (Lipinski definition) is 0. The van der Waals surface area contributed by atoms with Crippen LogP contribution in [0.15, 0.2) is 60.7 Å². The molecule has 1 aliphatic rings. The molecule has 3 aromatic carbocycles. The van der Waals surface area contributed by atoms with Gasteiger partial charge in [0, 0.05) is 11.1 Å². The van der Waals surface area contributed by atoms with Crippen molar-refractivity contribution < 1.29 is 17.9 Å². The van der Waals surface area contributed by atoms with Crippen LogP contribution in [-0.2, 0) is 0 Å². The van der Waals surface area contributed by atoms with Crippen molar-refractivity contribution >= 4 is 13.4 Å². The summed E-state index contributed by atoms with van der Waals surface area (Å²) in [4.78, 5) is 0. The summed E-state index contributed by atoms with van der Waals surface area (Å²) < 4.78 is 48.6. The Morgan fingerprint density at radius 1 is 0.871 bits per heavy atom. The third-order valence-corrected chi connectivity index (χ3v) is 5.86. The molecule has 0 spiro atoms. The monoisotopic (exact) mass is 420 g/mol. The maximum Gasteiger partial charge on any atom is 0.201 e. The van der Waals surface area contributed by atoms with E-state index in [2.05, 4.69) is 13.0 Å². The highest BCUT2D eigenvalue weighted by molar-refractivity contribution is 6.08. The number of benzene rings is 3. The van der Waals surface area contributed by atoms with Gasteiger partial charge in [0.2, 0.25) is 5.82 Å². The zero-order valence-corrected chi connectivity index (χ0v) is 17.7. The second kappa shape index (κ2) is 9.05. The van der Waals surface area contributed by atoms with Crippen LogP contribution in [0, 0.1) is 23.4 Å². The highest BCUT2D eigenvalue weighted by Crippen LogP contribution is 2.34. The Bertz CT molecular complexity index is 1120. The third-order valence-electron chi connectivity index (χ3n) is 5.86. The lowest BCUT2D eigenvalue weighted by Gasteiger charge is -2.19. The molecule has 31 heavy (non-hydrogen) atoms. The molecule has 0 aliphatic heterocycles. The predicted octanol–water partition coefficient (Wildman–Crippen LogP) is 6.61. The van der Waals surface area contributed by atoms with E-state index in [-0.39, 0.29) is 23.6 Å². The Kier molecular flexibility index (Phi) is 6.21. The van der Waals surface area contributed by atoms with Crippen molar-refractivity contribution in [3.63, 3.8) is 0 Å². The molecule has 3 aromatic rings. The second-order valence-electron chi connectivity index (χ2n) is 8.05. The smallest absolute Gasteiger partial charge is 0.201 e. The number of halogens is 3. The highest BCUT2D eigenvalue weighted by atomic mass is 19.2. The second-order valence-corrected chi connectivity index (χ2v) is 8.05. The van der Waals surface area contributed by atoms with Crippen LogP contribution in [0.25, 0.3) is 27.8 Å². The van der Waals surface area contributed by atoms with Crippen LogP contribution in [-0.4, -0.2) is 14.4 Å². The van der Waals surface area contributed by atoms with Gasteiger partial charge in [0.15, 0.2) is 19.4 Å². The molecule has 1 unspecified atom stereocenters. The Labute approximate surface area is 182 Å². The number of allylic oxidation sites excluding steroid dienone is 2. The van der Waals surface area contributed by atoms with Crippen LogP contribution in [0.3, 0.4) is 0 Å². The lowest BCUT2D eigenvalue weighted by molar-refractivity contribution is 0.352. The largest absolute Gasteiger partial charge is 0.500 e. The normalized spacial score (nSPS) is 16.1. The van der Waals surface area contributed by atoms with Crippen LogP contribution in [0.5, 0.6) is 5.75 Å². The maximum atomic E-state index is 14.8. The van der Waals surface area contributed by atoms with Crippen LogP contribution in [0.2, 0.25) is 0 Å². The van der Waals surface area contributed by atoms with Gasteiger partial charge in [-0.25, -0.2) is 8.78 Å². The third kappa shape index (κ3) is 4.41. The fraction of sp³-hybridized carbons (Fsp3) is 0.231. The molecule has 1 nitrogen and oxygen atoms in total. The molecule has 4 rings (SSSR count). The number of hydrogen-bond acceptors (Lipinski definition) is 1. The van der Waals surface area contributed by atoms with E-state index in [4.69, 9.17) is 4.74 Å². The summed E-state index contributed by atoms with van der Waals surface area (Å²) >= 11 is 0. The van der Waals surface area contributed by atoms with Gasteiger partial charge in [-0.3, -0.25) is 0 Å². The standard InChI is InChI=1S/C26H24BF3O/c1-16-2-4-18(5-3-16)21-11-10-20(14-23(21)28)17-6-8-19(9-7-17)22-12-13-24(31-15-27)26(30)25(22)29/h4,6-14,16H,2-3,5,15,27H2,1H3. The van der Waals surface area contributed by atoms with E-state index in [0.29, 0.717) is 17.0 Å². The Morgan fingerprint density at radius 2 is 1.55 bits per heavy atom. The summed E-state index contributed by atoms with van der Waals surface area (Å²) in [6, 6.07) is 15.2. The molecule has 0 saturated heterocycles. The van der Waals surface area contributed by atoms with Crippen LogP contribution in [0.4, 0.5) is 13.2 Å². The Balaban J connectivity index is 1.59. The molecule has 0 radical (unpaired) electrons. The fourth-order valence-electron chi connectivity index (χ4n) is 4.03. The van der Waals surface area contributed by atoms with Crippen molar-refractivity contribution in [2.45, 2.75) is 26.2 Å². The van der Waals surface area contributed by atoms with Gasteiger partial charge in [-0.15, -0.1) is 0 Å². The zero-order chi connectivity index (χ0) is 22.0. The molecule has 0 amide bonds. The Morgan fingerprint density at radius 3 is 2.19 bits per heavy atom. The minimum Gasteiger partial charge on any atom is -0.500 e. The molecular formula is C26H24BF3O. The van der Waals surface area contributed by atoms with Crippen molar-refractivity contribution in [1.82, 2.24) is 0 Å². The lowest BCUT2D eigenvalue weighted by Crippen LogP contribution is -2.02. The average molecular weight is 420 g/mol.